The molecule has 15 heavy (non-hydrogen) atoms. The molecule has 0 radical (unpaired) electrons. The van der Waals surface area contributed by atoms with E-state index in [1.54, 1.807) is 31.3 Å². The molecular weight excluding hydrogens is 194 g/mol. The molecule has 2 aromatic rings. The number of nitrogens with one attached hydrogen (secondary N) is 1. The summed E-state index contributed by atoms with van der Waals surface area (Å²) < 4.78 is 5.07. The first-order valence-corrected chi connectivity index (χ1v) is 4.72. The van der Waals surface area contributed by atoms with Crippen LogP contribution < -0.4 is 4.74 Å². The zero-order valence-electron chi connectivity index (χ0n) is 8.28. The van der Waals surface area contributed by atoms with Gasteiger partial charge in [-0.05, 0) is 12.1 Å². The van der Waals surface area contributed by atoms with Gasteiger partial charge in [-0.15, -0.1) is 0 Å². The van der Waals surface area contributed by atoms with Crippen molar-refractivity contribution in [1.82, 2.24) is 4.98 Å². The fraction of sp³-hybridized carbons (Fsp3) is 0.182. The van der Waals surface area contributed by atoms with E-state index in [1.165, 1.54) is 0 Å². The molecule has 0 spiro atoms. The van der Waals surface area contributed by atoms with Gasteiger partial charge in [-0.3, -0.25) is 4.79 Å². The number of hydrogen-bond acceptors (Lipinski definition) is 3. The van der Waals surface area contributed by atoms with Gasteiger partial charge in [0.2, 0.25) is 0 Å². The van der Waals surface area contributed by atoms with Crippen molar-refractivity contribution in [2.75, 3.05) is 0 Å². The Labute approximate surface area is 86.5 Å². The summed E-state index contributed by atoms with van der Waals surface area (Å²) in [5.41, 5.74) is 0.744. The molecule has 0 saturated heterocycles. The van der Waals surface area contributed by atoms with Gasteiger partial charge in [0.25, 0.3) is 0 Å². The second-order valence-corrected chi connectivity index (χ2v) is 3.18. The first-order chi connectivity index (χ1) is 7.22. The first kappa shape index (κ1) is 9.58. The van der Waals surface area contributed by atoms with Crippen LogP contribution in [0.5, 0.6) is 11.5 Å². The second-order valence-electron chi connectivity index (χ2n) is 3.18. The number of aromatic nitrogens is 1. The Morgan fingerprint density at radius 3 is 3.07 bits per heavy atom. The quantitative estimate of drug-likeness (QED) is 0.738. The van der Waals surface area contributed by atoms with Gasteiger partial charge in [0.05, 0.1) is 10.9 Å². The summed E-state index contributed by atoms with van der Waals surface area (Å²) in [6, 6.07) is 5.08. The van der Waals surface area contributed by atoms with Crippen molar-refractivity contribution in [2.45, 2.75) is 13.3 Å². The first-order valence-electron chi connectivity index (χ1n) is 4.72. The molecule has 4 heteroatoms. The standard InChI is InChI=1S/C11H11NO3/c1-2-10(14)15-9-6-12-7-4-3-5-8(13)11(7)9/h3-6,12-13H,2H2,1H3. The van der Waals surface area contributed by atoms with Crippen LogP contribution >= 0.6 is 0 Å². The molecule has 0 saturated carbocycles. The largest absolute Gasteiger partial charge is 0.507 e. The van der Waals surface area contributed by atoms with Crippen LogP contribution in [0.3, 0.4) is 0 Å². The highest BCUT2D eigenvalue weighted by molar-refractivity contribution is 5.93. The number of aromatic hydroxyl groups is 1. The number of phenols is 1. The van der Waals surface area contributed by atoms with E-state index < -0.39 is 0 Å². The zero-order valence-corrected chi connectivity index (χ0v) is 8.28. The van der Waals surface area contributed by atoms with E-state index in [1.807, 2.05) is 0 Å². The number of H-pyrrole nitrogens is 1. The van der Waals surface area contributed by atoms with Gasteiger partial charge in [0.1, 0.15) is 5.75 Å². The van der Waals surface area contributed by atoms with Crippen LogP contribution in [0.1, 0.15) is 13.3 Å². The second kappa shape index (κ2) is 3.65. The number of aromatic amines is 1. The van der Waals surface area contributed by atoms with Crippen molar-refractivity contribution in [3.8, 4) is 11.5 Å². The van der Waals surface area contributed by atoms with Crippen molar-refractivity contribution in [3.05, 3.63) is 24.4 Å². The molecule has 0 atom stereocenters. The van der Waals surface area contributed by atoms with E-state index in [9.17, 15) is 9.90 Å². The molecule has 78 valence electrons. The summed E-state index contributed by atoms with van der Waals surface area (Å²) in [6.45, 7) is 1.72. The smallest absolute Gasteiger partial charge is 0.310 e. The topological polar surface area (TPSA) is 62.3 Å². The van der Waals surface area contributed by atoms with Crippen LogP contribution in [0.15, 0.2) is 24.4 Å². The highest BCUT2D eigenvalue weighted by atomic mass is 16.5. The SMILES string of the molecule is CCC(=O)Oc1c[nH]c2cccc(O)c12. The lowest BCUT2D eigenvalue weighted by Gasteiger charge is -2.01. The molecule has 0 unspecified atom stereocenters. The number of hydrogen-bond donors (Lipinski definition) is 2. The van der Waals surface area contributed by atoms with E-state index in [-0.39, 0.29) is 11.7 Å². The fourth-order valence-electron chi connectivity index (χ4n) is 1.41. The summed E-state index contributed by atoms with van der Waals surface area (Å²) >= 11 is 0. The Hall–Kier alpha value is -1.97. The van der Waals surface area contributed by atoms with Crippen LogP contribution in [0.25, 0.3) is 10.9 Å². The van der Waals surface area contributed by atoms with E-state index in [0.717, 1.165) is 5.52 Å². The minimum Gasteiger partial charge on any atom is -0.507 e. The molecule has 2 rings (SSSR count). The van der Waals surface area contributed by atoms with Crippen molar-refractivity contribution in [3.63, 3.8) is 0 Å². The molecular formula is C11H11NO3. The molecule has 0 bridgehead atoms. The van der Waals surface area contributed by atoms with Gasteiger partial charge in [0, 0.05) is 12.6 Å². The van der Waals surface area contributed by atoms with Gasteiger partial charge in [-0.25, -0.2) is 0 Å². The van der Waals surface area contributed by atoms with Crippen molar-refractivity contribution in [1.29, 1.82) is 0 Å². The maximum absolute atomic E-state index is 11.1. The molecule has 2 N–H and O–H groups in total. The zero-order chi connectivity index (χ0) is 10.8. The van der Waals surface area contributed by atoms with Gasteiger partial charge < -0.3 is 14.8 Å². The number of rotatable bonds is 2. The minimum atomic E-state index is -0.320. The van der Waals surface area contributed by atoms with E-state index in [0.29, 0.717) is 17.6 Å². The summed E-state index contributed by atoms with van der Waals surface area (Å²) in [5.74, 6) is 0.154. The van der Waals surface area contributed by atoms with Crippen LogP contribution in [-0.2, 0) is 4.79 Å². The predicted octanol–water partition coefficient (Wildman–Crippen LogP) is 2.19. The summed E-state index contributed by atoms with van der Waals surface area (Å²) in [4.78, 5) is 14.0. The van der Waals surface area contributed by atoms with Crippen LogP contribution in [0, 0.1) is 0 Å². The number of ether oxygens (including phenoxy) is 1. The number of phenolic OH excluding ortho intramolecular Hbond substituents is 1. The number of carbonyl (C=O) groups excluding carboxylic acids is 1. The summed E-state index contributed by atoms with van der Waals surface area (Å²) in [7, 11) is 0. The molecule has 0 amide bonds. The molecule has 0 aliphatic rings. The number of benzene rings is 1. The molecule has 1 aromatic carbocycles. The van der Waals surface area contributed by atoms with Crippen molar-refractivity contribution < 1.29 is 14.6 Å². The van der Waals surface area contributed by atoms with Gasteiger partial charge in [-0.1, -0.05) is 13.0 Å². The number of fused-ring (bicyclic) bond motifs is 1. The van der Waals surface area contributed by atoms with Gasteiger partial charge in [-0.2, -0.15) is 0 Å². The third-order valence-corrected chi connectivity index (χ3v) is 2.16. The third-order valence-electron chi connectivity index (χ3n) is 2.16. The normalized spacial score (nSPS) is 10.5. The molecule has 0 fully saturated rings. The van der Waals surface area contributed by atoms with Crippen LogP contribution in [0.2, 0.25) is 0 Å². The van der Waals surface area contributed by atoms with Crippen molar-refractivity contribution in [2.24, 2.45) is 0 Å². The molecule has 4 nitrogen and oxygen atoms in total. The summed E-state index contributed by atoms with van der Waals surface area (Å²) in [5, 5.41) is 10.2. The molecule has 1 heterocycles. The lowest BCUT2D eigenvalue weighted by atomic mass is 10.2. The van der Waals surface area contributed by atoms with Crippen LogP contribution in [0.4, 0.5) is 0 Å². The molecule has 1 aromatic heterocycles. The van der Waals surface area contributed by atoms with Crippen LogP contribution in [-0.4, -0.2) is 16.1 Å². The Bertz CT molecular complexity index is 502. The molecule has 0 aliphatic carbocycles. The Morgan fingerprint density at radius 2 is 2.33 bits per heavy atom. The van der Waals surface area contributed by atoms with Gasteiger partial charge in [0.15, 0.2) is 5.75 Å². The molecule has 0 aliphatic heterocycles. The number of esters is 1. The fourth-order valence-corrected chi connectivity index (χ4v) is 1.41. The van der Waals surface area contributed by atoms with E-state index in [4.69, 9.17) is 4.74 Å². The van der Waals surface area contributed by atoms with Crippen molar-refractivity contribution >= 4 is 16.9 Å². The highest BCUT2D eigenvalue weighted by Crippen LogP contribution is 2.32. The average molecular weight is 205 g/mol. The highest BCUT2D eigenvalue weighted by Gasteiger charge is 2.11. The third kappa shape index (κ3) is 1.66. The van der Waals surface area contributed by atoms with E-state index >= 15 is 0 Å². The lowest BCUT2D eigenvalue weighted by Crippen LogP contribution is -2.04. The monoisotopic (exact) mass is 205 g/mol. The lowest BCUT2D eigenvalue weighted by molar-refractivity contribution is -0.133. The maximum atomic E-state index is 11.1. The predicted molar refractivity (Wildman–Crippen MR) is 55.9 cm³/mol. The minimum absolute atomic E-state index is 0.104. The van der Waals surface area contributed by atoms with E-state index in [2.05, 4.69) is 4.98 Å². The Balaban J connectivity index is 2.48. The summed E-state index contributed by atoms with van der Waals surface area (Å²) in [6.07, 6.45) is 1.87. The maximum Gasteiger partial charge on any atom is 0.310 e. The van der Waals surface area contributed by atoms with Gasteiger partial charge >= 0.3 is 5.97 Å². The number of carbonyl (C=O) groups is 1. The Morgan fingerprint density at radius 1 is 1.53 bits per heavy atom. The Kier molecular flexibility index (Phi) is 2.33. The average Bonchev–Trinajstić information content (AvgIpc) is 2.63.